The van der Waals surface area contributed by atoms with E-state index in [0.717, 1.165) is 0 Å². The Labute approximate surface area is 176 Å². The molecule has 1 amide bonds. The van der Waals surface area contributed by atoms with Crippen molar-refractivity contribution in [2.24, 2.45) is 0 Å². The molecule has 0 bridgehead atoms. The summed E-state index contributed by atoms with van der Waals surface area (Å²) in [5.41, 5.74) is 1.97. The van der Waals surface area contributed by atoms with Gasteiger partial charge >= 0.3 is 0 Å². The lowest BCUT2D eigenvalue weighted by molar-refractivity contribution is -0.112. The number of hydrogen-bond donors (Lipinski definition) is 1. The van der Waals surface area contributed by atoms with Crippen molar-refractivity contribution >= 4 is 34.2 Å². The summed E-state index contributed by atoms with van der Waals surface area (Å²) in [6.45, 7) is 6.87. The number of benzene rings is 1. The van der Waals surface area contributed by atoms with Crippen molar-refractivity contribution in [3.8, 4) is 0 Å². The van der Waals surface area contributed by atoms with E-state index < -0.39 is 5.24 Å². The Hall–Kier alpha value is -3.31. The summed E-state index contributed by atoms with van der Waals surface area (Å²) >= 11 is 5.14. The number of anilines is 1. The fraction of sp³-hybridized carbons (Fsp3) is 0.130. The summed E-state index contributed by atoms with van der Waals surface area (Å²) in [5.74, 6) is -0.358. The number of nitrogens with one attached hydrogen (secondary N) is 1. The molecule has 0 saturated carbocycles. The maximum atomic E-state index is 12.1. The van der Waals surface area contributed by atoms with E-state index in [1.807, 2.05) is 6.92 Å². The van der Waals surface area contributed by atoms with Gasteiger partial charge in [0.2, 0.25) is 0 Å². The topological polar surface area (TPSA) is 76.1 Å². The predicted octanol–water partition coefficient (Wildman–Crippen LogP) is 5.61. The molecule has 0 aliphatic rings. The van der Waals surface area contributed by atoms with Crippen LogP contribution < -0.4 is 5.32 Å². The lowest BCUT2D eigenvalue weighted by Gasteiger charge is -2.09. The molecule has 1 N–H and O–H groups in total. The second-order valence-corrected chi connectivity index (χ2v) is 5.77. The van der Waals surface area contributed by atoms with Crippen LogP contribution in [0.15, 0.2) is 85.2 Å². The lowest BCUT2D eigenvalue weighted by Crippen LogP contribution is -2.15. The standard InChI is InChI=1S/C16H17NO2.C6H4ClNO.CH4/c1-4-8-13(9-5-2)16(19)17-15-11-7-6-10-14(15)12(3)18;7-6(9)5-1-3-8-4-2-5;/h4-11H,1H2,2-3H3,(H,17,19);1-4H;1H4/b9-5-,13-8+;;. The number of pyridine rings is 1. The summed E-state index contributed by atoms with van der Waals surface area (Å²) < 4.78 is 0. The number of carbonyl (C=O) groups is 3. The number of aromatic nitrogens is 1. The molecule has 5 nitrogen and oxygen atoms in total. The Morgan fingerprint density at radius 1 is 1.10 bits per heavy atom. The first kappa shape index (κ1) is 25.7. The van der Waals surface area contributed by atoms with Crippen molar-refractivity contribution in [2.45, 2.75) is 21.3 Å². The number of carbonyl (C=O) groups excluding carboxylic acids is 3. The largest absolute Gasteiger partial charge is 0.321 e. The van der Waals surface area contributed by atoms with Crippen LogP contribution in [0.2, 0.25) is 0 Å². The molecule has 0 spiro atoms. The van der Waals surface area contributed by atoms with Crippen LogP contribution in [-0.4, -0.2) is 21.9 Å². The van der Waals surface area contributed by atoms with Crippen molar-refractivity contribution < 1.29 is 14.4 Å². The van der Waals surface area contributed by atoms with Gasteiger partial charge in [-0.05, 0) is 49.7 Å². The van der Waals surface area contributed by atoms with E-state index in [-0.39, 0.29) is 19.1 Å². The molecule has 0 fully saturated rings. The summed E-state index contributed by atoms with van der Waals surface area (Å²) in [5, 5.41) is 2.29. The van der Waals surface area contributed by atoms with E-state index >= 15 is 0 Å². The smallest absolute Gasteiger partial charge is 0.255 e. The zero-order chi connectivity index (χ0) is 20.9. The van der Waals surface area contributed by atoms with Gasteiger partial charge in [-0.15, -0.1) is 0 Å². The number of rotatable bonds is 6. The molecule has 1 aromatic carbocycles. The third kappa shape index (κ3) is 8.95. The molecule has 6 heteroatoms. The van der Waals surface area contributed by atoms with Gasteiger partial charge in [0.25, 0.3) is 11.1 Å². The van der Waals surface area contributed by atoms with Gasteiger partial charge in [0.15, 0.2) is 5.78 Å². The molecule has 2 aromatic rings. The second-order valence-electron chi connectivity index (χ2n) is 5.42. The molecule has 2 rings (SSSR count). The van der Waals surface area contributed by atoms with E-state index in [4.69, 9.17) is 11.6 Å². The van der Waals surface area contributed by atoms with Gasteiger partial charge < -0.3 is 5.32 Å². The first-order chi connectivity index (χ1) is 13.4. The van der Waals surface area contributed by atoms with Crippen LogP contribution in [0.25, 0.3) is 0 Å². The summed E-state index contributed by atoms with van der Waals surface area (Å²) in [7, 11) is 0. The maximum absolute atomic E-state index is 12.1. The number of ketones is 1. The molecular weight excluding hydrogens is 388 g/mol. The fourth-order valence-electron chi connectivity index (χ4n) is 2.09. The minimum absolute atomic E-state index is 0. The fourth-order valence-corrected chi connectivity index (χ4v) is 2.22. The van der Waals surface area contributed by atoms with Crippen LogP contribution in [-0.2, 0) is 4.79 Å². The Balaban J connectivity index is 0.000000658. The number of para-hydroxylation sites is 1. The SMILES string of the molecule is C.C=C/C=C(\C=C/C)C(=O)Nc1ccccc1C(C)=O.O=C(Cl)c1ccncc1. The first-order valence-electron chi connectivity index (χ1n) is 8.37. The molecule has 0 atom stereocenters. The molecule has 152 valence electrons. The highest BCUT2D eigenvalue weighted by Gasteiger charge is 2.11. The molecule has 0 unspecified atom stereocenters. The van der Waals surface area contributed by atoms with E-state index in [1.165, 1.54) is 19.3 Å². The number of halogens is 1. The molecule has 0 saturated heterocycles. The van der Waals surface area contributed by atoms with E-state index in [2.05, 4.69) is 16.9 Å². The van der Waals surface area contributed by atoms with Crippen LogP contribution in [0.4, 0.5) is 5.69 Å². The minimum atomic E-state index is -0.447. The number of amides is 1. The van der Waals surface area contributed by atoms with Crippen LogP contribution in [0, 0.1) is 0 Å². The van der Waals surface area contributed by atoms with Gasteiger partial charge in [-0.25, -0.2) is 0 Å². The second kappa shape index (κ2) is 13.8. The zero-order valence-electron chi connectivity index (χ0n) is 15.7. The predicted molar refractivity (Wildman–Crippen MR) is 119 cm³/mol. The average Bonchev–Trinajstić information content (AvgIpc) is 2.69. The Morgan fingerprint density at radius 2 is 1.72 bits per heavy atom. The molecule has 0 aliphatic heterocycles. The highest BCUT2D eigenvalue weighted by Crippen LogP contribution is 2.16. The summed E-state index contributed by atoms with van der Waals surface area (Å²) in [6.07, 6.45) is 9.67. The monoisotopic (exact) mass is 412 g/mol. The average molecular weight is 413 g/mol. The number of allylic oxidation sites excluding steroid dienone is 3. The van der Waals surface area contributed by atoms with Gasteiger partial charge in [0.1, 0.15) is 0 Å². The minimum Gasteiger partial charge on any atom is -0.321 e. The Morgan fingerprint density at radius 3 is 2.21 bits per heavy atom. The quantitative estimate of drug-likeness (QED) is 0.289. The molecular formula is C23H25ClN2O3. The van der Waals surface area contributed by atoms with Crippen LogP contribution in [0.1, 0.15) is 42.0 Å². The maximum Gasteiger partial charge on any atom is 0.255 e. The Kier molecular flexibility index (Phi) is 12.2. The van der Waals surface area contributed by atoms with Crippen LogP contribution >= 0.6 is 11.6 Å². The highest BCUT2D eigenvalue weighted by atomic mass is 35.5. The van der Waals surface area contributed by atoms with Crippen molar-refractivity contribution in [3.05, 3.63) is 96.4 Å². The Bertz CT molecular complexity index is 903. The van der Waals surface area contributed by atoms with Gasteiger partial charge in [-0.2, -0.15) is 0 Å². The third-order valence-corrected chi connectivity index (χ3v) is 3.59. The van der Waals surface area contributed by atoms with Crippen molar-refractivity contribution in [1.82, 2.24) is 4.98 Å². The molecule has 29 heavy (non-hydrogen) atoms. The molecule has 0 radical (unpaired) electrons. The summed E-state index contributed by atoms with van der Waals surface area (Å²) in [4.78, 5) is 37.7. The molecule has 1 heterocycles. The van der Waals surface area contributed by atoms with Crippen LogP contribution in [0.5, 0.6) is 0 Å². The summed E-state index contributed by atoms with van der Waals surface area (Å²) in [6, 6.07) is 10.1. The van der Waals surface area contributed by atoms with E-state index in [9.17, 15) is 14.4 Å². The molecule has 0 aliphatic carbocycles. The van der Waals surface area contributed by atoms with Gasteiger partial charge in [-0.1, -0.05) is 50.4 Å². The van der Waals surface area contributed by atoms with Crippen molar-refractivity contribution in [1.29, 1.82) is 0 Å². The van der Waals surface area contributed by atoms with Crippen LogP contribution in [0.3, 0.4) is 0 Å². The third-order valence-electron chi connectivity index (χ3n) is 3.37. The van der Waals surface area contributed by atoms with E-state index in [1.54, 1.807) is 60.7 Å². The number of nitrogens with zero attached hydrogens (tertiary/aromatic N) is 1. The van der Waals surface area contributed by atoms with Gasteiger partial charge in [-0.3, -0.25) is 19.4 Å². The van der Waals surface area contributed by atoms with Gasteiger partial charge in [0.05, 0.1) is 5.69 Å². The molecule has 1 aromatic heterocycles. The highest BCUT2D eigenvalue weighted by molar-refractivity contribution is 6.67. The normalized spacial score (nSPS) is 10.2. The van der Waals surface area contributed by atoms with Crippen molar-refractivity contribution in [2.75, 3.05) is 5.32 Å². The lowest BCUT2D eigenvalue weighted by atomic mass is 10.1. The van der Waals surface area contributed by atoms with Gasteiger partial charge in [0, 0.05) is 29.1 Å². The zero-order valence-corrected chi connectivity index (χ0v) is 16.4. The van der Waals surface area contributed by atoms with Crippen molar-refractivity contribution in [3.63, 3.8) is 0 Å². The number of hydrogen-bond acceptors (Lipinski definition) is 4. The number of Topliss-reactive ketones (excluding diaryl/α,β-unsaturated/α-hetero) is 1. The van der Waals surface area contributed by atoms with E-state index in [0.29, 0.717) is 22.4 Å². The first-order valence-corrected chi connectivity index (χ1v) is 8.75.